The Bertz CT molecular complexity index is 316. The number of dihydropyridines is 1. The van der Waals surface area contributed by atoms with E-state index in [1.165, 1.54) is 0 Å². The van der Waals surface area contributed by atoms with Crippen molar-refractivity contribution >= 4 is 11.4 Å². The molecule has 0 bridgehead atoms. The topological polar surface area (TPSA) is 57.0 Å². The van der Waals surface area contributed by atoms with Crippen LogP contribution in [0.4, 0.5) is 0 Å². The molecular formula is C11H17N3O. The first-order valence-electron chi connectivity index (χ1n) is 5.03. The zero-order valence-corrected chi connectivity index (χ0v) is 9.14. The van der Waals surface area contributed by atoms with Gasteiger partial charge in [-0.1, -0.05) is 17.3 Å². The molecule has 0 spiro atoms. The van der Waals surface area contributed by atoms with Crippen molar-refractivity contribution in [3.05, 3.63) is 24.4 Å². The fraction of sp³-hybridized carbons (Fsp3) is 0.455. The molecule has 0 aromatic carbocycles. The van der Waals surface area contributed by atoms with Crippen LogP contribution in [0.25, 0.3) is 0 Å². The minimum atomic E-state index is 0.359. The van der Waals surface area contributed by atoms with Crippen LogP contribution in [0.5, 0.6) is 0 Å². The van der Waals surface area contributed by atoms with E-state index in [-0.39, 0.29) is 0 Å². The van der Waals surface area contributed by atoms with Crippen LogP contribution in [0.2, 0.25) is 0 Å². The largest absolute Gasteiger partial charge is 0.411 e. The lowest BCUT2D eigenvalue weighted by Gasteiger charge is -2.14. The van der Waals surface area contributed by atoms with Crippen molar-refractivity contribution < 1.29 is 5.21 Å². The molecule has 0 aliphatic carbocycles. The summed E-state index contributed by atoms with van der Waals surface area (Å²) in [5, 5.41) is 14.8. The molecule has 15 heavy (non-hydrogen) atoms. The highest BCUT2D eigenvalue weighted by atomic mass is 16.4. The van der Waals surface area contributed by atoms with Gasteiger partial charge in [-0.05, 0) is 32.5 Å². The summed E-state index contributed by atoms with van der Waals surface area (Å²) in [5.74, 6) is 0. The smallest absolute Gasteiger partial charge is 0.0971 e. The van der Waals surface area contributed by atoms with Gasteiger partial charge in [-0.2, -0.15) is 0 Å². The van der Waals surface area contributed by atoms with E-state index in [0.717, 1.165) is 18.7 Å². The lowest BCUT2D eigenvalue weighted by atomic mass is 10.1. The first-order chi connectivity index (χ1) is 7.24. The molecule has 1 heterocycles. The number of nitrogens with one attached hydrogen (secondary N) is 1. The number of oxime groups is 1. The molecule has 0 saturated carbocycles. The summed E-state index contributed by atoms with van der Waals surface area (Å²) >= 11 is 0. The molecule has 0 radical (unpaired) electrons. The monoisotopic (exact) mass is 207 g/mol. The van der Waals surface area contributed by atoms with Crippen LogP contribution in [-0.4, -0.2) is 29.2 Å². The third-order valence-corrected chi connectivity index (χ3v) is 2.32. The number of hydrogen-bond acceptors (Lipinski definition) is 4. The van der Waals surface area contributed by atoms with Gasteiger partial charge in [-0.15, -0.1) is 0 Å². The lowest BCUT2D eigenvalue weighted by molar-refractivity contribution is 0.320. The molecule has 0 aromatic rings. The number of nitrogens with zero attached hydrogens (tertiary/aromatic N) is 2. The van der Waals surface area contributed by atoms with E-state index < -0.39 is 0 Å². The molecule has 0 saturated heterocycles. The minimum absolute atomic E-state index is 0.359. The van der Waals surface area contributed by atoms with E-state index in [1.54, 1.807) is 6.92 Å². The maximum atomic E-state index is 8.53. The Morgan fingerprint density at radius 3 is 2.73 bits per heavy atom. The van der Waals surface area contributed by atoms with Crippen molar-refractivity contribution in [2.24, 2.45) is 10.1 Å². The van der Waals surface area contributed by atoms with Gasteiger partial charge in [0, 0.05) is 12.6 Å². The maximum Gasteiger partial charge on any atom is 0.0971 e. The predicted octanol–water partition coefficient (Wildman–Crippen LogP) is 1.73. The Kier molecular flexibility index (Phi) is 4.60. The average Bonchev–Trinajstić information content (AvgIpc) is 2.29. The first kappa shape index (κ1) is 11.5. The molecule has 0 fully saturated rings. The van der Waals surface area contributed by atoms with Crippen LogP contribution in [0, 0.1) is 0 Å². The standard InChI is InChI=1S/C11H17N3O/c1-9(10(2)14-15)12-8-6-11-5-3-4-7-13-11/h3-5,7,11,13,15H,6,8H2,1-2H3. The Hall–Kier alpha value is -1.58. The van der Waals surface area contributed by atoms with Gasteiger partial charge in [0.15, 0.2) is 0 Å². The third-order valence-electron chi connectivity index (χ3n) is 2.32. The van der Waals surface area contributed by atoms with Crippen molar-refractivity contribution in [3.8, 4) is 0 Å². The molecule has 82 valence electrons. The Labute approximate surface area is 90.1 Å². The molecular weight excluding hydrogens is 190 g/mol. The summed E-state index contributed by atoms with van der Waals surface area (Å²) in [6.07, 6.45) is 8.97. The second kappa shape index (κ2) is 6.01. The van der Waals surface area contributed by atoms with Crippen LogP contribution in [-0.2, 0) is 0 Å². The molecule has 1 atom stereocenters. The molecule has 1 aliphatic rings. The minimum Gasteiger partial charge on any atom is -0.411 e. The fourth-order valence-corrected chi connectivity index (χ4v) is 1.23. The van der Waals surface area contributed by atoms with Crippen molar-refractivity contribution in [1.82, 2.24) is 5.32 Å². The van der Waals surface area contributed by atoms with Crippen molar-refractivity contribution in [3.63, 3.8) is 0 Å². The summed E-state index contributed by atoms with van der Waals surface area (Å²) in [5.41, 5.74) is 1.36. The molecule has 1 aliphatic heterocycles. The Morgan fingerprint density at radius 2 is 2.13 bits per heavy atom. The fourth-order valence-electron chi connectivity index (χ4n) is 1.23. The van der Waals surface area contributed by atoms with E-state index in [1.807, 2.05) is 25.3 Å². The van der Waals surface area contributed by atoms with Gasteiger partial charge in [0.2, 0.25) is 0 Å². The lowest BCUT2D eigenvalue weighted by Crippen LogP contribution is -2.24. The van der Waals surface area contributed by atoms with Gasteiger partial charge in [0.25, 0.3) is 0 Å². The second-order valence-electron chi connectivity index (χ2n) is 3.46. The highest BCUT2D eigenvalue weighted by Gasteiger charge is 2.03. The van der Waals surface area contributed by atoms with E-state index in [4.69, 9.17) is 5.21 Å². The molecule has 4 nitrogen and oxygen atoms in total. The summed E-state index contributed by atoms with van der Waals surface area (Å²) in [7, 11) is 0. The molecule has 2 N–H and O–H groups in total. The van der Waals surface area contributed by atoms with E-state index in [9.17, 15) is 0 Å². The molecule has 0 aromatic heterocycles. The van der Waals surface area contributed by atoms with Gasteiger partial charge in [0.1, 0.15) is 0 Å². The average molecular weight is 207 g/mol. The second-order valence-corrected chi connectivity index (χ2v) is 3.46. The van der Waals surface area contributed by atoms with Gasteiger partial charge in [-0.25, -0.2) is 0 Å². The van der Waals surface area contributed by atoms with Crippen molar-refractivity contribution in [2.45, 2.75) is 26.3 Å². The summed E-state index contributed by atoms with van der Waals surface area (Å²) in [6.45, 7) is 4.31. The van der Waals surface area contributed by atoms with Gasteiger partial charge >= 0.3 is 0 Å². The first-order valence-corrected chi connectivity index (χ1v) is 5.03. The van der Waals surface area contributed by atoms with Crippen LogP contribution >= 0.6 is 0 Å². The molecule has 0 amide bonds. The molecule has 4 heteroatoms. The number of allylic oxidation sites excluding steroid dienone is 2. The molecule has 1 unspecified atom stereocenters. The summed E-state index contributed by atoms with van der Waals surface area (Å²) in [4.78, 5) is 4.32. The van der Waals surface area contributed by atoms with E-state index in [2.05, 4.69) is 21.5 Å². The number of aliphatic imine (C=N–C) groups is 1. The SMILES string of the molecule is CC(=NO)C(C)=NCCC1C=CC=CN1. The van der Waals surface area contributed by atoms with E-state index >= 15 is 0 Å². The van der Waals surface area contributed by atoms with Gasteiger partial charge < -0.3 is 10.5 Å². The zero-order valence-electron chi connectivity index (χ0n) is 9.14. The van der Waals surface area contributed by atoms with Crippen LogP contribution in [0.1, 0.15) is 20.3 Å². The predicted molar refractivity (Wildman–Crippen MR) is 62.7 cm³/mol. The quantitative estimate of drug-likeness (QED) is 0.419. The summed E-state index contributed by atoms with van der Waals surface area (Å²) in [6, 6.07) is 0.359. The summed E-state index contributed by atoms with van der Waals surface area (Å²) < 4.78 is 0. The van der Waals surface area contributed by atoms with Crippen LogP contribution in [0.3, 0.4) is 0 Å². The van der Waals surface area contributed by atoms with Crippen molar-refractivity contribution in [2.75, 3.05) is 6.54 Å². The normalized spacial score (nSPS) is 21.6. The Balaban J connectivity index is 2.32. The molecule has 1 rings (SSSR count). The van der Waals surface area contributed by atoms with Crippen LogP contribution in [0.15, 0.2) is 34.6 Å². The maximum absolute atomic E-state index is 8.53. The van der Waals surface area contributed by atoms with Crippen LogP contribution < -0.4 is 5.32 Å². The van der Waals surface area contributed by atoms with Gasteiger partial charge in [0.05, 0.1) is 11.4 Å². The zero-order chi connectivity index (χ0) is 11.1. The highest BCUT2D eigenvalue weighted by Crippen LogP contribution is 2.00. The third kappa shape index (κ3) is 3.97. The van der Waals surface area contributed by atoms with E-state index in [0.29, 0.717) is 11.8 Å². The van der Waals surface area contributed by atoms with Crippen molar-refractivity contribution in [1.29, 1.82) is 0 Å². The Morgan fingerprint density at radius 1 is 1.33 bits per heavy atom. The number of rotatable bonds is 4. The number of hydrogen-bond donors (Lipinski definition) is 2. The van der Waals surface area contributed by atoms with Gasteiger partial charge in [-0.3, -0.25) is 4.99 Å². The highest BCUT2D eigenvalue weighted by molar-refractivity contribution is 6.40.